The topological polar surface area (TPSA) is 210 Å². The summed E-state index contributed by atoms with van der Waals surface area (Å²) in [7, 11) is 0. The van der Waals surface area contributed by atoms with Crippen LogP contribution in [0.2, 0.25) is 0 Å². The number of fused-ring (bicyclic) bond motifs is 11. The van der Waals surface area contributed by atoms with Crippen LogP contribution in [-0.4, -0.2) is 47.8 Å². The van der Waals surface area contributed by atoms with Crippen LogP contribution in [0.5, 0.6) is 46.0 Å². The van der Waals surface area contributed by atoms with Crippen molar-refractivity contribution in [2.24, 2.45) is 0 Å². The second kappa shape index (κ2) is 77.0. The second-order valence-corrected chi connectivity index (χ2v) is 40.5. The number of benzene rings is 6. The Morgan fingerprint density at radius 3 is 0.319 bits per heavy atom. The maximum Gasteiger partial charge on any atom is 0.311 e. The van der Waals surface area contributed by atoms with Crippen LogP contribution in [-0.2, 0) is 38.4 Å². The van der Waals surface area contributed by atoms with Crippen molar-refractivity contribution < 1.29 is 76.3 Å². The van der Waals surface area contributed by atoms with Crippen LogP contribution in [0.4, 0.5) is 0 Å². The number of rotatable bonds is 88. The third kappa shape index (κ3) is 49.9. The normalized spacial score (nSPS) is 11.6. The Balaban J connectivity index is 1.77. The van der Waals surface area contributed by atoms with Crippen molar-refractivity contribution in [2.45, 2.75) is 569 Å². The lowest BCUT2D eigenvalue weighted by molar-refractivity contribution is -0.137. The van der Waals surface area contributed by atoms with Crippen LogP contribution in [0.1, 0.15) is 569 Å². The fourth-order valence-corrected chi connectivity index (χ4v) is 19.5. The zero-order chi connectivity index (χ0) is 98.9. The Morgan fingerprint density at radius 1 is 0.130 bits per heavy atom. The van der Waals surface area contributed by atoms with E-state index in [0.29, 0.717) is 105 Å². The summed E-state index contributed by atoms with van der Waals surface area (Å²) in [6.07, 6.45) is 75.5. The van der Waals surface area contributed by atoms with Gasteiger partial charge in [-0.25, -0.2) is 0 Å². The lowest BCUT2D eigenvalue weighted by atomic mass is 9.86. The van der Waals surface area contributed by atoms with Crippen LogP contribution in [0.3, 0.4) is 0 Å². The first-order valence-corrected chi connectivity index (χ1v) is 57.8. The summed E-state index contributed by atoms with van der Waals surface area (Å²) in [5, 5.41) is 4.49. The van der Waals surface area contributed by atoms with Gasteiger partial charge in [-0.2, -0.15) is 0 Å². The molecule has 0 unspecified atom stereocenters. The molecule has 16 heteroatoms. The van der Waals surface area contributed by atoms with Crippen LogP contribution >= 0.6 is 0 Å². The first kappa shape index (κ1) is 119. The second-order valence-electron chi connectivity index (χ2n) is 40.5. The number of carbonyl (C=O) groups excluding carboxylic acids is 8. The highest BCUT2D eigenvalue weighted by Crippen LogP contribution is 2.53. The zero-order valence-electron chi connectivity index (χ0n) is 88.7. The van der Waals surface area contributed by atoms with Gasteiger partial charge in [0.15, 0.2) is 46.0 Å². The van der Waals surface area contributed by atoms with Gasteiger partial charge in [-0.3, -0.25) is 38.4 Å². The molecule has 6 aromatic carbocycles. The minimum atomic E-state index is -0.521. The number of hydrogen-bond donors (Lipinski definition) is 0. The maximum absolute atomic E-state index is 14.9. The smallest absolute Gasteiger partial charge is 0.311 e. The number of carbonyl (C=O) groups is 8. The maximum atomic E-state index is 14.9. The molecule has 0 N–H and O–H groups in total. The van der Waals surface area contributed by atoms with Gasteiger partial charge in [-0.1, -0.05) is 466 Å². The molecule has 776 valence electrons. The van der Waals surface area contributed by atoms with Crippen molar-refractivity contribution in [2.75, 3.05) is 0 Å². The highest BCUT2D eigenvalue weighted by Gasteiger charge is 2.29. The molecule has 138 heavy (non-hydrogen) atoms. The number of hydrogen-bond acceptors (Lipinski definition) is 16. The van der Waals surface area contributed by atoms with Crippen molar-refractivity contribution in [3.8, 4) is 46.0 Å². The third-order valence-electron chi connectivity index (χ3n) is 27.9. The largest absolute Gasteiger partial charge is 0.422 e. The summed E-state index contributed by atoms with van der Waals surface area (Å²) in [6.45, 7) is 17.8. The summed E-state index contributed by atoms with van der Waals surface area (Å²) in [6, 6.07) is 13.8. The summed E-state index contributed by atoms with van der Waals surface area (Å²) < 4.78 is 53.0. The Labute approximate surface area is 836 Å². The molecule has 0 saturated heterocycles. The Bertz CT molecular complexity index is 3840. The fourth-order valence-electron chi connectivity index (χ4n) is 19.5. The van der Waals surface area contributed by atoms with Crippen molar-refractivity contribution in [1.29, 1.82) is 0 Å². The molecule has 0 aliphatic rings. The average Bonchev–Trinajstić information content (AvgIpc) is 0.695. The van der Waals surface area contributed by atoms with Crippen molar-refractivity contribution in [1.82, 2.24) is 0 Å². The van der Waals surface area contributed by atoms with Crippen LogP contribution in [0.15, 0.2) is 48.5 Å². The third-order valence-corrected chi connectivity index (χ3v) is 27.9. The number of ether oxygens (including phenoxy) is 8. The van der Waals surface area contributed by atoms with Crippen molar-refractivity contribution >= 4 is 102 Å². The SMILES string of the molecule is CCCCCCCCCCCC(=O)Oc1cc2c3cc(OC(=O)CCCCCCCCCCC)c(OC(=O)CCCCCCCCCCC)cc3c3c4cc(OC(=O)CCCCCCCCCCC)c(OC(=O)CCCCCCCCCCC)cc4c4cc(OC(=O)CCCCCCCCCCC)c(OC(=O)CCCCCCCCCCC)cc4c3c2cc1OC(=O)CCCCCCCCCCC. The number of esters is 8. The van der Waals surface area contributed by atoms with Crippen molar-refractivity contribution in [3.63, 3.8) is 0 Å². The van der Waals surface area contributed by atoms with Gasteiger partial charge in [0.1, 0.15) is 0 Å². The molecule has 0 atom stereocenters. The molecule has 0 aliphatic carbocycles. The highest BCUT2D eigenvalue weighted by atomic mass is 16.6. The van der Waals surface area contributed by atoms with E-state index in [4.69, 9.17) is 37.9 Å². The summed E-state index contributed by atoms with van der Waals surface area (Å²) in [5.74, 6) is -4.30. The molecule has 16 nitrogen and oxygen atoms in total. The van der Waals surface area contributed by atoms with Gasteiger partial charge < -0.3 is 37.9 Å². The molecule has 0 heterocycles. The molecule has 0 bridgehead atoms. The van der Waals surface area contributed by atoms with Gasteiger partial charge in [0, 0.05) is 51.4 Å². The van der Waals surface area contributed by atoms with Crippen LogP contribution < -0.4 is 37.9 Å². The first-order chi connectivity index (χ1) is 67.6. The van der Waals surface area contributed by atoms with E-state index >= 15 is 0 Å². The molecule has 6 aromatic rings. The minimum absolute atomic E-state index is 0.0164. The van der Waals surface area contributed by atoms with Gasteiger partial charge in [0.2, 0.25) is 0 Å². The van der Waals surface area contributed by atoms with E-state index in [0.717, 1.165) is 205 Å². The molecule has 0 radical (unpaired) electrons. The van der Waals surface area contributed by atoms with Gasteiger partial charge >= 0.3 is 47.8 Å². The van der Waals surface area contributed by atoms with Gasteiger partial charge in [0.25, 0.3) is 0 Å². The lowest BCUT2D eigenvalue weighted by Crippen LogP contribution is -2.13. The molecule has 0 amide bonds. The predicted molar refractivity (Wildman–Crippen MR) is 574 cm³/mol. The summed E-state index contributed by atoms with van der Waals surface area (Å²) in [5.41, 5.74) is 0. The highest BCUT2D eigenvalue weighted by molar-refractivity contribution is 6.40. The lowest BCUT2D eigenvalue weighted by Gasteiger charge is -2.22. The van der Waals surface area contributed by atoms with E-state index in [1.807, 2.05) is 0 Å². The minimum Gasteiger partial charge on any atom is -0.422 e. The molecular weight excluding hydrogens is 1720 g/mol. The molecule has 0 aromatic heterocycles. The zero-order valence-corrected chi connectivity index (χ0v) is 88.7. The van der Waals surface area contributed by atoms with Gasteiger partial charge in [-0.05, 0) is 154 Å². The summed E-state index contributed by atoms with van der Waals surface area (Å²) >= 11 is 0. The van der Waals surface area contributed by atoms with Crippen LogP contribution in [0, 0.1) is 0 Å². The molecule has 0 saturated carbocycles. The van der Waals surface area contributed by atoms with Gasteiger partial charge in [-0.15, -0.1) is 0 Å². The quantitative estimate of drug-likeness (QED) is 0.0150. The number of unbranched alkanes of at least 4 members (excludes halogenated alkanes) is 64. The average molecular weight is 1910 g/mol. The van der Waals surface area contributed by atoms with E-state index < -0.39 is 47.8 Å². The fraction of sp³-hybridized carbons (Fsp3) is 0.721. The molecular formula is C122H192O16. The molecule has 0 aliphatic heterocycles. The summed E-state index contributed by atoms with van der Waals surface area (Å²) in [4.78, 5) is 119. The van der Waals surface area contributed by atoms with Crippen molar-refractivity contribution in [3.05, 3.63) is 48.5 Å². The Morgan fingerprint density at radius 2 is 0.217 bits per heavy atom. The molecule has 0 fully saturated rings. The molecule has 0 spiro atoms. The first-order valence-electron chi connectivity index (χ1n) is 57.8. The monoisotopic (exact) mass is 1910 g/mol. The Kier molecular flexibility index (Phi) is 66.5. The molecule has 6 rings (SSSR count). The van der Waals surface area contributed by atoms with E-state index in [-0.39, 0.29) is 97.4 Å². The van der Waals surface area contributed by atoms with Gasteiger partial charge in [0.05, 0.1) is 0 Å². The van der Waals surface area contributed by atoms with E-state index in [9.17, 15) is 38.4 Å². The van der Waals surface area contributed by atoms with E-state index in [2.05, 4.69) is 55.4 Å². The Hall–Kier alpha value is -7.62. The predicted octanol–water partition coefficient (Wildman–Crippen LogP) is 38.1. The van der Waals surface area contributed by atoms with E-state index in [1.54, 1.807) is 48.5 Å². The van der Waals surface area contributed by atoms with Crippen LogP contribution in [0.25, 0.3) is 53.9 Å². The standard InChI is InChI=1S/C122H192O16/c1-9-17-25-33-41-49-57-65-73-81-113(123)131-105-89-97-98-90-106(132-114(124)82-74-66-58-50-42-34-26-18-10-2)110(136-118(128)86-78-70-62-54-46-38-30-22-14-6)94-102(98)122-104-96-112(138-120(130)88-80-72-64-56-48-40-32-24-16-8)108(134-116(126)84-76-68-60-52-44-36-28-20-12-4)92-100(104)99-91-107(133-115(125)83-75-67-59-51-43-35-27-19-11-3)111(137-119(129)87-79-71-63-55-47-39-31-23-15-7)95-103(99)121(122)101(97)93-109(105)135-117(127)85-77-69-61-53-45-37-29-21-13-5/h89-96H,9-88H2,1-8H3. The van der Waals surface area contributed by atoms with E-state index in [1.165, 1.54) is 205 Å².